The fourth-order valence-corrected chi connectivity index (χ4v) is 3.18. The van der Waals surface area contributed by atoms with E-state index in [4.69, 9.17) is 21.1 Å². The molecule has 1 fully saturated rings. The molecule has 0 aromatic carbocycles. The zero-order valence-electron chi connectivity index (χ0n) is 14.6. The number of likely N-dealkylation sites (tertiary alicyclic amines) is 1. The quantitative estimate of drug-likeness (QED) is 0.669. The van der Waals surface area contributed by atoms with Gasteiger partial charge in [0.25, 0.3) is 0 Å². The first kappa shape index (κ1) is 20.0. The third-order valence-electron chi connectivity index (χ3n) is 3.72. The fraction of sp³-hybridized carbons (Fsp3) is 0.588. The van der Waals surface area contributed by atoms with Crippen LogP contribution in [-0.4, -0.2) is 40.6 Å². The summed E-state index contributed by atoms with van der Waals surface area (Å²) in [6.45, 7) is 6.55. The fourth-order valence-electron chi connectivity index (χ4n) is 2.43. The minimum absolute atomic E-state index is 0.0862. The second kappa shape index (κ2) is 8.36. The highest BCUT2D eigenvalue weighted by atomic mass is 79.9. The van der Waals surface area contributed by atoms with Crippen LogP contribution in [0.2, 0.25) is 5.02 Å². The number of nitrogens with zero attached hydrogens (tertiary/aromatic N) is 2. The number of pyridine rings is 1. The van der Waals surface area contributed by atoms with Gasteiger partial charge in [-0.1, -0.05) is 11.6 Å². The molecule has 2 heterocycles. The number of amides is 1. The molecule has 0 aliphatic carbocycles. The van der Waals surface area contributed by atoms with Gasteiger partial charge in [0.2, 0.25) is 0 Å². The van der Waals surface area contributed by atoms with Gasteiger partial charge >= 0.3 is 12.1 Å². The second-order valence-corrected chi connectivity index (χ2v) is 8.22. The van der Waals surface area contributed by atoms with Gasteiger partial charge in [0.1, 0.15) is 12.2 Å². The Morgan fingerprint density at radius 3 is 2.56 bits per heavy atom. The normalized spacial score (nSPS) is 15.8. The number of carbonyl (C=O) groups is 2. The molecular weight excluding hydrogens is 412 g/mol. The molecule has 8 heteroatoms. The second-order valence-electron chi connectivity index (χ2n) is 6.93. The Morgan fingerprint density at radius 1 is 1.36 bits per heavy atom. The van der Waals surface area contributed by atoms with Crippen LogP contribution in [0, 0.1) is 5.92 Å². The summed E-state index contributed by atoms with van der Waals surface area (Å²) in [5, 5.41) is 0.511. The maximum Gasteiger partial charge on any atom is 0.410 e. The monoisotopic (exact) mass is 432 g/mol. The Kier molecular flexibility index (Phi) is 6.68. The number of hydrogen-bond donors (Lipinski definition) is 0. The Bertz CT molecular complexity index is 640. The molecule has 0 radical (unpaired) electrons. The van der Waals surface area contributed by atoms with Gasteiger partial charge in [0.05, 0.1) is 16.6 Å². The van der Waals surface area contributed by atoms with Crippen LogP contribution in [-0.2, 0) is 20.9 Å². The van der Waals surface area contributed by atoms with E-state index in [9.17, 15) is 9.59 Å². The zero-order chi connectivity index (χ0) is 18.6. The van der Waals surface area contributed by atoms with Gasteiger partial charge in [0.15, 0.2) is 0 Å². The van der Waals surface area contributed by atoms with E-state index in [-0.39, 0.29) is 24.6 Å². The van der Waals surface area contributed by atoms with Crippen LogP contribution in [0.4, 0.5) is 4.79 Å². The van der Waals surface area contributed by atoms with Crippen molar-refractivity contribution in [1.29, 1.82) is 0 Å². The standard InChI is InChI=1S/C17H22BrClN2O4/c1-17(2,3)25-16(23)21-6-4-11(5-7-21)15(22)24-10-14-13(18)8-12(19)9-20-14/h8-9,11H,4-7,10H2,1-3H3. The lowest BCUT2D eigenvalue weighted by Crippen LogP contribution is -2.43. The van der Waals surface area contributed by atoms with Gasteiger partial charge in [-0.25, -0.2) is 4.79 Å². The van der Waals surface area contributed by atoms with E-state index in [0.717, 1.165) is 0 Å². The van der Waals surface area contributed by atoms with Crippen LogP contribution < -0.4 is 0 Å². The predicted octanol–water partition coefficient (Wildman–Crippen LogP) is 4.19. The molecule has 25 heavy (non-hydrogen) atoms. The average Bonchev–Trinajstić information content (AvgIpc) is 2.52. The lowest BCUT2D eigenvalue weighted by Gasteiger charge is -2.32. The first-order valence-corrected chi connectivity index (χ1v) is 9.27. The van der Waals surface area contributed by atoms with Crippen LogP contribution in [0.15, 0.2) is 16.7 Å². The van der Waals surface area contributed by atoms with Gasteiger partial charge in [-0.3, -0.25) is 9.78 Å². The first-order valence-electron chi connectivity index (χ1n) is 8.10. The number of piperidine rings is 1. The van der Waals surface area contributed by atoms with Gasteiger partial charge in [-0.2, -0.15) is 0 Å². The summed E-state index contributed by atoms with van der Waals surface area (Å²) in [5.74, 6) is -0.489. The van der Waals surface area contributed by atoms with Crippen LogP contribution in [0.5, 0.6) is 0 Å². The highest BCUT2D eigenvalue weighted by Gasteiger charge is 2.30. The van der Waals surface area contributed by atoms with Gasteiger partial charge in [-0.15, -0.1) is 0 Å². The first-order chi connectivity index (χ1) is 11.7. The molecule has 1 aromatic heterocycles. The van der Waals surface area contributed by atoms with Crippen molar-refractivity contribution in [3.8, 4) is 0 Å². The summed E-state index contributed by atoms with van der Waals surface area (Å²) in [6.07, 6.45) is 2.30. The maximum absolute atomic E-state index is 12.2. The molecule has 0 saturated carbocycles. The van der Waals surface area contributed by atoms with Crippen molar-refractivity contribution in [3.05, 3.63) is 27.5 Å². The molecule has 0 atom stereocenters. The molecule has 0 N–H and O–H groups in total. The predicted molar refractivity (Wildman–Crippen MR) is 97.3 cm³/mol. The minimum atomic E-state index is -0.522. The molecule has 138 valence electrons. The summed E-state index contributed by atoms with van der Waals surface area (Å²) in [4.78, 5) is 30.0. The SMILES string of the molecule is CC(C)(C)OC(=O)N1CCC(C(=O)OCc2ncc(Cl)cc2Br)CC1. The molecule has 2 rings (SSSR count). The van der Waals surface area contributed by atoms with Gasteiger partial charge < -0.3 is 14.4 Å². The summed E-state index contributed by atoms with van der Waals surface area (Å²) in [7, 11) is 0. The smallest absolute Gasteiger partial charge is 0.410 e. The molecule has 6 nitrogen and oxygen atoms in total. The van der Waals surface area contributed by atoms with E-state index in [1.807, 2.05) is 20.8 Å². The van der Waals surface area contributed by atoms with Crippen molar-refractivity contribution in [1.82, 2.24) is 9.88 Å². The molecule has 1 aromatic rings. The van der Waals surface area contributed by atoms with E-state index in [1.165, 1.54) is 6.20 Å². The topological polar surface area (TPSA) is 68.7 Å². The molecule has 0 bridgehead atoms. The lowest BCUT2D eigenvalue weighted by molar-refractivity contribution is -0.151. The van der Waals surface area contributed by atoms with Crippen molar-refractivity contribution in [3.63, 3.8) is 0 Å². The summed E-state index contributed by atoms with van der Waals surface area (Å²) < 4.78 is 11.4. The van der Waals surface area contributed by atoms with Crippen LogP contribution in [0.1, 0.15) is 39.3 Å². The zero-order valence-corrected chi connectivity index (χ0v) is 16.9. The third kappa shape index (κ3) is 6.15. The van der Waals surface area contributed by atoms with Gasteiger partial charge in [-0.05, 0) is 55.6 Å². The molecule has 1 aliphatic heterocycles. The van der Waals surface area contributed by atoms with E-state index in [2.05, 4.69) is 20.9 Å². The minimum Gasteiger partial charge on any atom is -0.459 e. The Hall–Kier alpha value is -1.34. The molecule has 0 unspecified atom stereocenters. The average molecular weight is 434 g/mol. The van der Waals surface area contributed by atoms with Crippen LogP contribution >= 0.6 is 27.5 Å². The number of rotatable bonds is 3. The highest BCUT2D eigenvalue weighted by molar-refractivity contribution is 9.10. The molecule has 1 saturated heterocycles. The largest absolute Gasteiger partial charge is 0.459 e. The summed E-state index contributed by atoms with van der Waals surface area (Å²) in [5.41, 5.74) is 0.0928. The van der Waals surface area contributed by atoms with E-state index < -0.39 is 5.60 Å². The van der Waals surface area contributed by atoms with Crippen LogP contribution in [0.25, 0.3) is 0 Å². The van der Waals surface area contributed by atoms with E-state index in [1.54, 1.807) is 11.0 Å². The lowest BCUT2D eigenvalue weighted by atomic mass is 9.97. The van der Waals surface area contributed by atoms with Crippen molar-refractivity contribution in [2.24, 2.45) is 5.92 Å². The van der Waals surface area contributed by atoms with Crippen molar-refractivity contribution in [2.75, 3.05) is 13.1 Å². The molecule has 1 aliphatic rings. The number of halogens is 2. The van der Waals surface area contributed by atoms with Crippen molar-refractivity contribution < 1.29 is 19.1 Å². The summed E-state index contributed by atoms with van der Waals surface area (Å²) >= 11 is 9.18. The number of esters is 1. The maximum atomic E-state index is 12.2. The molecule has 1 amide bonds. The van der Waals surface area contributed by atoms with Gasteiger partial charge in [0, 0.05) is 23.8 Å². The van der Waals surface area contributed by atoms with Crippen LogP contribution in [0.3, 0.4) is 0 Å². The Morgan fingerprint density at radius 2 is 2.00 bits per heavy atom. The number of carbonyl (C=O) groups excluding carboxylic acids is 2. The molecular formula is C17H22BrClN2O4. The summed E-state index contributed by atoms with van der Waals surface area (Å²) in [6, 6.07) is 1.71. The van der Waals surface area contributed by atoms with E-state index in [0.29, 0.717) is 41.1 Å². The number of hydrogen-bond acceptors (Lipinski definition) is 5. The third-order valence-corrected chi connectivity index (χ3v) is 4.61. The number of ether oxygens (including phenoxy) is 2. The Labute approximate surface area is 161 Å². The van der Waals surface area contributed by atoms with E-state index >= 15 is 0 Å². The highest BCUT2D eigenvalue weighted by Crippen LogP contribution is 2.23. The van der Waals surface area contributed by atoms with Crippen molar-refractivity contribution >= 4 is 39.6 Å². The number of aromatic nitrogens is 1. The Balaban J connectivity index is 1.80. The van der Waals surface area contributed by atoms with Crippen molar-refractivity contribution in [2.45, 2.75) is 45.8 Å². The molecule has 0 spiro atoms.